The van der Waals surface area contributed by atoms with Gasteiger partial charge in [0.25, 0.3) is 0 Å². The Bertz CT molecular complexity index is 549. The quantitative estimate of drug-likeness (QED) is 0.904. The van der Waals surface area contributed by atoms with E-state index in [0.717, 1.165) is 19.5 Å². The molecule has 3 heteroatoms. The van der Waals surface area contributed by atoms with Crippen LogP contribution in [-0.2, 0) is 19.5 Å². The third kappa shape index (κ3) is 4.20. The van der Waals surface area contributed by atoms with Crippen LogP contribution in [0.25, 0.3) is 0 Å². The highest BCUT2D eigenvalue weighted by Crippen LogP contribution is 2.10. The molecule has 0 amide bonds. The van der Waals surface area contributed by atoms with Crippen molar-refractivity contribution >= 4 is 0 Å². The van der Waals surface area contributed by atoms with Gasteiger partial charge in [-0.1, -0.05) is 24.3 Å². The second-order valence-corrected chi connectivity index (χ2v) is 6.36. The Balaban J connectivity index is 1.97. The van der Waals surface area contributed by atoms with E-state index < -0.39 is 0 Å². The van der Waals surface area contributed by atoms with Crippen LogP contribution in [-0.4, -0.2) is 15.1 Å². The average Bonchev–Trinajstić information content (AvgIpc) is 2.82. The summed E-state index contributed by atoms with van der Waals surface area (Å²) in [7, 11) is 0. The molecule has 0 spiro atoms. The Hall–Kier alpha value is -1.61. The molecule has 0 fully saturated rings. The van der Waals surface area contributed by atoms with E-state index in [4.69, 9.17) is 0 Å². The lowest BCUT2D eigenvalue weighted by Gasteiger charge is -2.21. The Morgan fingerprint density at radius 3 is 2.65 bits per heavy atom. The summed E-state index contributed by atoms with van der Waals surface area (Å²) in [5, 5.41) is 3.51. The van der Waals surface area contributed by atoms with Crippen molar-refractivity contribution in [3.63, 3.8) is 0 Å². The maximum atomic E-state index is 4.28. The van der Waals surface area contributed by atoms with Crippen molar-refractivity contribution in [3.05, 3.63) is 53.6 Å². The summed E-state index contributed by atoms with van der Waals surface area (Å²) >= 11 is 0. The smallest absolute Gasteiger partial charge is 0.0948 e. The lowest BCUT2D eigenvalue weighted by Crippen LogP contribution is -2.35. The first-order valence-electron chi connectivity index (χ1n) is 7.24. The third-order valence-electron chi connectivity index (χ3n) is 3.48. The van der Waals surface area contributed by atoms with Crippen LogP contribution < -0.4 is 5.32 Å². The van der Waals surface area contributed by atoms with Crippen molar-refractivity contribution < 1.29 is 0 Å². The first kappa shape index (κ1) is 14.8. The Kier molecular flexibility index (Phi) is 4.61. The fraction of sp³-hybridized carbons (Fsp3) is 0.471. The monoisotopic (exact) mass is 271 g/mol. The van der Waals surface area contributed by atoms with Gasteiger partial charge in [-0.25, -0.2) is 4.98 Å². The molecule has 108 valence electrons. The van der Waals surface area contributed by atoms with Crippen molar-refractivity contribution in [2.75, 3.05) is 0 Å². The topological polar surface area (TPSA) is 29.9 Å². The van der Waals surface area contributed by atoms with Gasteiger partial charge in [0, 0.05) is 24.8 Å². The van der Waals surface area contributed by atoms with E-state index in [-0.39, 0.29) is 5.54 Å². The summed E-state index contributed by atoms with van der Waals surface area (Å²) in [5.41, 5.74) is 4.15. The lowest BCUT2D eigenvalue weighted by molar-refractivity contribution is 0.415. The lowest BCUT2D eigenvalue weighted by atomic mass is 10.1. The summed E-state index contributed by atoms with van der Waals surface area (Å²) < 4.78 is 2.24. The SMILES string of the molecule is Cc1ccccc1CCn1cncc1CNC(C)(C)C. The number of aryl methyl sites for hydroxylation is 3. The van der Waals surface area contributed by atoms with Crippen LogP contribution in [0.1, 0.15) is 37.6 Å². The number of nitrogens with zero attached hydrogens (tertiary/aromatic N) is 2. The average molecular weight is 271 g/mol. The molecule has 1 heterocycles. The molecule has 1 N–H and O–H groups in total. The van der Waals surface area contributed by atoms with Gasteiger partial charge in [0.1, 0.15) is 0 Å². The largest absolute Gasteiger partial charge is 0.333 e. The molecule has 2 rings (SSSR count). The van der Waals surface area contributed by atoms with Gasteiger partial charge >= 0.3 is 0 Å². The third-order valence-corrected chi connectivity index (χ3v) is 3.48. The molecular weight excluding hydrogens is 246 g/mol. The van der Waals surface area contributed by atoms with Crippen LogP contribution in [0.4, 0.5) is 0 Å². The molecule has 0 saturated heterocycles. The predicted molar refractivity (Wildman–Crippen MR) is 83.7 cm³/mol. The number of nitrogens with one attached hydrogen (secondary N) is 1. The van der Waals surface area contributed by atoms with Gasteiger partial charge in [0.15, 0.2) is 0 Å². The maximum absolute atomic E-state index is 4.28. The summed E-state index contributed by atoms with van der Waals surface area (Å²) in [6.45, 7) is 10.6. The minimum absolute atomic E-state index is 0.130. The van der Waals surface area contributed by atoms with E-state index in [1.54, 1.807) is 0 Å². The molecule has 0 aliphatic rings. The van der Waals surface area contributed by atoms with Crippen LogP contribution in [0.15, 0.2) is 36.8 Å². The Labute approximate surface area is 122 Å². The van der Waals surface area contributed by atoms with E-state index in [0.29, 0.717) is 0 Å². The molecule has 0 unspecified atom stereocenters. The van der Waals surface area contributed by atoms with Crippen molar-refractivity contribution in [1.82, 2.24) is 14.9 Å². The van der Waals surface area contributed by atoms with E-state index >= 15 is 0 Å². The van der Waals surface area contributed by atoms with Gasteiger partial charge in [-0.05, 0) is 45.2 Å². The fourth-order valence-corrected chi connectivity index (χ4v) is 2.18. The van der Waals surface area contributed by atoms with Crippen molar-refractivity contribution in [2.45, 2.75) is 52.7 Å². The zero-order chi connectivity index (χ0) is 14.6. The van der Waals surface area contributed by atoms with Gasteiger partial charge in [0.05, 0.1) is 12.0 Å². The van der Waals surface area contributed by atoms with Crippen LogP contribution in [0.5, 0.6) is 0 Å². The van der Waals surface area contributed by atoms with Gasteiger partial charge in [-0.3, -0.25) is 0 Å². The summed E-state index contributed by atoms with van der Waals surface area (Å²) in [6, 6.07) is 8.58. The molecule has 1 aromatic heterocycles. The van der Waals surface area contributed by atoms with Gasteiger partial charge in [0.2, 0.25) is 0 Å². The van der Waals surface area contributed by atoms with Crippen LogP contribution in [0.3, 0.4) is 0 Å². The normalized spacial score (nSPS) is 11.8. The van der Waals surface area contributed by atoms with E-state index in [9.17, 15) is 0 Å². The minimum atomic E-state index is 0.130. The first-order chi connectivity index (χ1) is 9.46. The number of benzene rings is 1. The van der Waals surface area contributed by atoms with E-state index in [1.807, 2.05) is 12.5 Å². The molecule has 1 aromatic carbocycles. The Morgan fingerprint density at radius 2 is 1.95 bits per heavy atom. The molecular formula is C17H25N3. The molecule has 0 radical (unpaired) electrons. The number of hydrogen-bond acceptors (Lipinski definition) is 2. The van der Waals surface area contributed by atoms with Crippen LogP contribution >= 0.6 is 0 Å². The standard InChI is InChI=1S/C17H25N3/c1-14-7-5-6-8-15(14)9-10-20-13-18-11-16(20)12-19-17(2,3)4/h5-8,11,13,19H,9-10,12H2,1-4H3. The van der Waals surface area contributed by atoms with Gasteiger partial charge < -0.3 is 9.88 Å². The number of imidazole rings is 1. The van der Waals surface area contributed by atoms with Crippen LogP contribution in [0.2, 0.25) is 0 Å². The molecule has 0 bridgehead atoms. The second-order valence-electron chi connectivity index (χ2n) is 6.36. The van der Waals surface area contributed by atoms with Crippen molar-refractivity contribution in [1.29, 1.82) is 0 Å². The molecule has 0 aliphatic heterocycles. The van der Waals surface area contributed by atoms with Crippen molar-refractivity contribution in [3.8, 4) is 0 Å². The molecule has 3 nitrogen and oxygen atoms in total. The van der Waals surface area contributed by atoms with E-state index in [1.165, 1.54) is 16.8 Å². The number of aromatic nitrogens is 2. The zero-order valence-electron chi connectivity index (χ0n) is 13.0. The number of rotatable bonds is 5. The van der Waals surface area contributed by atoms with Crippen molar-refractivity contribution in [2.24, 2.45) is 0 Å². The highest BCUT2D eigenvalue weighted by Gasteiger charge is 2.10. The molecule has 2 aromatic rings. The Morgan fingerprint density at radius 1 is 1.20 bits per heavy atom. The van der Waals surface area contributed by atoms with Gasteiger partial charge in [-0.2, -0.15) is 0 Å². The van der Waals surface area contributed by atoms with E-state index in [2.05, 4.69) is 66.8 Å². The molecule has 20 heavy (non-hydrogen) atoms. The maximum Gasteiger partial charge on any atom is 0.0948 e. The predicted octanol–water partition coefficient (Wildman–Crippen LogP) is 3.32. The summed E-state index contributed by atoms with van der Waals surface area (Å²) in [4.78, 5) is 4.28. The molecule has 0 aliphatic carbocycles. The summed E-state index contributed by atoms with van der Waals surface area (Å²) in [5.74, 6) is 0. The minimum Gasteiger partial charge on any atom is -0.333 e. The summed E-state index contributed by atoms with van der Waals surface area (Å²) in [6.07, 6.45) is 4.93. The highest BCUT2D eigenvalue weighted by molar-refractivity contribution is 5.25. The molecule has 0 atom stereocenters. The van der Waals surface area contributed by atoms with Crippen LogP contribution in [0, 0.1) is 6.92 Å². The zero-order valence-corrected chi connectivity index (χ0v) is 13.0. The molecule has 0 saturated carbocycles. The van der Waals surface area contributed by atoms with Gasteiger partial charge in [-0.15, -0.1) is 0 Å². The highest BCUT2D eigenvalue weighted by atomic mass is 15.1. The number of hydrogen-bond donors (Lipinski definition) is 1. The first-order valence-corrected chi connectivity index (χ1v) is 7.24. The fourth-order valence-electron chi connectivity index (χ4n) is 2.18. The second kappa shape index (κ2) is 6.23.